The molecule has 0 aliphatic heterocycles. The molecule has 0 fully saturated rings. The lowest BCUT2D eigenvalue weighted by atomic mass is 9.94. The third-order valence-corrected chi connectivity index (χ3v) is 13.0. The number of benzene rings is 10. The molecular formula is C59H34N4O2. The standard InChI is InChI=1S/C59H34N4O2/c1-2-15-36(16-3-1)57-60-58(62-59(61-57)45-24-12-23-44-42-21-9-11-26-51(42)65-56(44)45)39-28-30-49(63-48-25-10-8-20-41(48)46-32-37-17-4-5-18-38(37)34-50(46)63)47(33-39)43-22-13-27-52-55(43)54-40-19-7-6-14-35(40)29-31-53(54)64-52/h1-34H. The summed E-state index contributed by atoms with van der Waals surface area (Å²) in [6.07, 6.45) is 0. The van der Waals surface area contributed by atoms with Gasteiger partial charge >= 0.3 is 0 Å². The minimum atomic E-state index is 0.535. The van der Waals surface area contributed by atoms with Gasteiger partial charge in [0.15, 0.2) is 17.5 Å². The Balaban J connectivity index is 1.08. The molecule has 4 aromatic heterocycles. The first-order valence-electron chi connectivity index (χ1n) is 21.8. The normalized spacial score (nSPS) is 12.0. The average Bonchev–Trinajstić information content (AvgIpc) is 4.05. The van der Waals surface area contributed by atoms with E-state index < -0.39 is 0 Å². The first-order chi connectivity index (χ1) is 32.2. The molecule has 0 N–H and O–H groups in total. The minimum absolute atomic E-state index is 0.535. The summed E-state index contributed by atoms with van der Waals surface area (Å²) in [6, 6.07) is 72.2. The highest BCUT2D eigenvalue weighted by atomic mass is 16.3. The Hall–Kier alpha value is -8.87. The van der Waals surface area contributed by atoms with Crippen molar-refractivity contribution in [2.24, 2.45) is 0 Å². The molecule has 6 nitrogen and oxygen atoms in total. The van der Waals surface area contributed by atoms with Crippen molar-refractivity contribution in [3.8, 4) is 51.0 Å². The van der Waals surface area contributed by atoms with Gasteiger partial charge in [-0.3, -0.25) is 0 Å². The molecule has 65 heavy (non-hydrogen) atoms. The molecule has 0 aliphatic carbocycles. The number of furan rings is 2. The molecule has 0 spiro atoms. The number of hydrogen-bond acceptors (Lipinski definition) is 5. The smallest absolute Gasteiger partial charge is 0.167 e. The summed E-state index contributed by atoms with van der Waals surface area (Å²) in [5, 5.41) is 11.3. The summed E-state index contributed by atoms with van der Waals surface area (Å²) < 4.78 is 15.7. The predicted octanol–water partition coefficient (Wildman–Crippen LogP) is 15.7. The van der Waals surface area contributed by atoms with Crippen molar-refractivity contribution in [1.82, 2.24) is 19.5 Å². The van der Waals surface area contributed by atoms with E-state index in [9.17, 15) is 0 Å². The number of para-hydroxylation sites is 3. The number of hydrogen-bond donors (Lipinski definition) is 0. The van der Waals surface area contributed by atoms with E-state index in [1.165, 1.54) is 21.5 Å². The summed E-state index contributed by atoms with van der Waals surface area (Å²) in [5.74, 6) is 1.67. The van der Waals surface area contributed by atoms with Gasteiger partial charge in [-0.1, -0.05) is 146 Å². The Morgan fingerprint density at radius 3 is 1.85 bits per heavy atom. The second-order valence-electron chi connectivity index (χ2n) is 16.7. The first-order valence-corrected chi connectivity index (χ1v) is 21.8. The van der Waals surface area contributed by atoms with Crippen molar-refractivity contribution in [3.63, 3.8) is 0 Å². The highest BCUT2D eigenvalue weighted by molar-refractivity contribution is 6.23. The third kappa shape index (κ3) is 5.44. The van der Waals surface area contributed by atoms with Crippen LogP contribution in [-0.4, -0.2) is 19.5 Å². The van der Waals surface area contributed by atoms with E-state index >= 15 is 0 Å². The van der Waals surface area contributed by atoms with E-state index in [0.717, 1.165) is 99.2 Å². The van der Waals surface area contributed by atoms with Gasteiger partial charge < -0.3 is 13.4 Å². The molecule has 0 unspecified atom stereocenters. The fraction of sp³-hybridized carbons (Fsp3) is 0. The van der Waals surface area contributed by atoms with Crippen LogP contribution in [0.4, 0.5) is 0 Å². The van der Waals surface area contributed by atoms with Crippen LogP contribution in [0.1, 0.15) is 0 Å². The van der Waals surface area contributed by atoms with Crippen LogP contribution < -0.4 is 0 Å². The van der Waals surface area contributed by atoms with Crippen molar-refractivity contribution in [2.75, 3.05) is 0 Å². The summed E-state index contributed by atoms with van der Waals surface area (Å²) in [5.41, 5.74) is 11.1. The summed E-state index contributed by atoms with van der Waals surface area (Å²) in [7, 11) is 0. The van der Waals surface area contributed by atoms with Gasteiger partial charge in [-0.2, -0.15) is 0 Å². The highest BCUT2D eigenvalue weighted by Crippen LogP contribution is 2.45. The largest absolute Gasteiger partial charge is 0.456 e. The molecule has 14 rings (SSSR count). The summed E-state index contributed by atoms with van der Waals surface area (Å²) >= 11 is 0. The molecular weight excluding hydrogens is 797 g/mol. The summed E-state index contributed by atoms with van der Waals surface area (Å²) in [6.45, 7) is 0. The van der Waals surface area contributed by atoms with Crippen LogP contribution in [0, 0.1) is 0 Å². The molecule has 6 heteroatoms. The van der Waals surface area contributed by atoms with Crippen molar-refractivity contribution in [1.29, 1.82) is 0 Å². The number of rotatable bonds is 5. The second-order valence-corrected chi connectivity index (χ2v) is 16.7. The molecule has 0 aliphatic rings. The zero-order valence-electron chi connectivity index (χ0n) is 34.7. The maximum atomic E-state index is 6.69. The molecule has 0 saturated heterocycles. The average molecular weight is 831 g/mol. The van der Waals surface area contributed by atoms with Crippen LogP contribution in [0.5, 0.6) is 0 Å². The Kier molecular flexibility index (Phi) is 7.59. The Bertz CT molecular complexity index is 4250. The van der Waals surface area contributed by atoms with Gasteiger partial charge in [-0.15, -0.1) is 0 Å². The van der Waals surface area contributed by atoms with E-state index in [0.29, 0.717) is 17.5 Å². The molecule has 0 amide bonds. The van der Waals surface area contributed by atoms with E-state index in [4.69, 9.17) is 23.8 Å². The molecule has 0 radical (unpaired) electrons. The number of aromatic nitrogens is 4. The van der Waals surface area contributed by atoms with Crippen LogP contribution in [0.25, 0.3) is 138 Å². The van der Waals surface area contributed by atoms with Gasteiger partial charge in [0.2, 0.25) is 0 Å². The maximum absolute atomic E-state index is 6.69. The van der Waals surface area contributed by atoms with Crippen LogP contribution >= 0.6 is 0 Å². The molecule has 4 heterocycles. The van der Waals surface area contributed by atoms with E-state index in [1.807, 2.05) is 60.7 Å². The minimum Gasteiger partial charge on any atom is -0.456 e. The predicted molar refractivity (Wildman–Crippen MR) is 265 cm³/mol. The molecule has 10 aromatic carbocycles. The lowest BCUT2D eigenvalue weighted by Gasteiger charge is -2.17. The lowest BCUT2D eigenvalue weighted by molar-refractivity contribution is 0.669. The molecule has 0 atom stereocenters. The Labute approximate surface area is 371 Å². The van der Waals surface area contributed by atoms with Crippen LogP contribution in [0.15, 0.2) is 215 Å². The van der Waals surface area contributed by atoms with E-state index in [2.05, 4.69) is 150 Å². The van der Waals surface area contributed by atoms with Crippen molar-refractivity contribution in [2.45, 2.75) is 0 Å². The van der Waals surface area contributed by atoms with Gasteiger partial charge in [-0.05, 0) is 87.8 Å². The molecule has 0 saturated carbocycles. The number of nitrogens with zero attached hydrogens (tertiary/aromatic N) is 4. The van der Waals surface area contributed by atoms with Gasteiger partial charge in [0.05, 0.1) is 22.3 Å². The van der Waals surface area contributed by atoms with Gasteiger partial charge in [0, 0.05) is 49.0 Å². The highest BCUT2D eigenvalue weighted by Gasteiger charge is 2.23. The monoisotopic (exact) mass is 830 g/mol. The SMILES string of the molecule is c1ccc(-c2nc(-c3ccc(-n4c5ccccc5c5cc6ccccc6cc54)c(-c4cccc5oc6ccc7ccccc7c6c45)c3)nc(-c3cccc4c3oc3ccccc34)n2)cc1. The fourth-order valence-corrected chi connectivity index (χ4v) is 10.1. The quantitative estimate of drug-likeness (QED) is 0.173. The topological polar surface area (TPSA) is 69.9 Å². The molecule has 14 aromatic rings. The van der Waals surface area contributed by atoms with Crippen LogP contribution in [-0.2, 0) is 0 Å². The van der Waals surface area contributed by atoms with Gasteiger partial charge in [-0.25, -0.2) is 15.0 Å². The molecule has 302 valence electrons. The van der Waals surface area contributed by atoms with E-state index in [-0.39, 0.29) is 0 Å². The van der Waals surface area contributed by atoms with Crippen LogP contribution in [0.2, 0.25) is 0 Å². The third-order valence-electron chi connectivity index (χ3n) is 13.0. The Morgan fingerprint density at radius 2 is 0.969 bits per heavy atom. The lowest BCUT2D eigenvalue weighted by Crippen LogP contribution is -2.02. The van der Waals surface area contributed by atoms with Gasteiger partial charge in [0.25, 0.3) is 0 Å². The fourth-order valence-electron chi connectivity index (χ4n) is 10.1. The number of fused-ring (bicyclic) bond motifs is 12. The van der Waals surface area contributed by atoms with Crippen molar-refractivity contribution < 1.29 is 8.83 Å². The van der Waals surface area contributed by atoms with Gasteiger partial charge in [0.1, 0.15) is 22.3 Å². The van der Waals surface area contributed by atoms with Crippen LogP contribution in [0.3, 0.4) is 0 Å². The first kappa shape index (κ1) is 35.7. The van der Waals surface area contributed by atoms with E-state index in [1.54, 1.807) is 0 Å². The summed E-state index contributed by atoms with van der Waals surface area (Å²) in [4.78, 5) is 15.7. The second kappa shape index (κ2) is 13.8. The maximum Gasteiger partial charge on any atom is 0.167 e. The van der Waals surface area contributed by atoms with Crippen molar-refractivity contribution >= 4 is 87.2 Å². The zero-order valence-corrected chi connectivity index (χ0v) is 34.7. The molecule has 0 bridgehead atoms. The Morgan fingerprint density at radius 1 is 0.323 bits per heavy atom. The van der Waals surface area contributed by atoms with Crippen molar-refractivity contribution in [3.05, 3.63) is 206 Å². The zero-order chi connectivity index (χ0) is 42.6.